The van der Waals surface area contributed by atoms with Gasteiger partial charge in [0.2, 0.25) is 5.95 Å². The highest BCUT2D eigenvalue weighted by Crippen LogP contribution is 2.32. The highest BCUT2D eigenvalue weighted by Gasteiger charge is 2.22. The molecule has 0 saturated carbocycles. The van der Waals surface area contributed by atoms with E-state index < -0.39 is 24.1 Å². The van der Waals surface area contributed by atoms with Crippen molar-refractivity contribution in [3.8, 4) is 5.75 Å². The average Bonchev–Trinajstić information content (AvgIpc) is 3.23. The summed E-state index contributed by atoms with van der Waals surface area (Å²) >= 11 is 5.97. The summed E-state index contributed by atoms with van der Waals surface area (Å²) in [4.78, 5) is 29.9. The third-order valence-corrected chi connectivity index (χ3v) is 5.77. The SMILES string of the molecule is CCC1Cc2cc(Nc3nc(=O)n(C[C@H](O)CO)c(=O)n3Cc3ccc(Cl)cc3)ccc2O1. The molecule has 1 aliphatic heterocycles. The number of hydrogen-bond donors (Lipinski definition) is 3. The predicted molar refractivity (Wildman–Crippen MR) is 125 cm³/mol. The molecule has 3 N–H and O–H groups in total. The lowest BCUT2D eigenvalue weighted by Crippen LogP contribution is -2.45. The predicted octanol–water partition coefficient (Wildman–Crippen LogP) is 1.92. The van der Waals surface area contributed by atoms with Gasteiger partial charge in [-0.3, -0.25) is 4.57 Å². The van der Waals surface area contributed by atoms with Crippen LogP contribution in [0.1, 0.15) is 24.5 Å². The van der Waals surface area contributed by atoms with Crippen LogP contribution in [0.2, 0.25) is 5.02 Å². The van der Waals surface area contributed by atoms with Crippen LogP contribution in [0.25, 0.3) is 0 Å². The number of hydrogen-bond acceptors (Lipinski definition) is 7. The van der Waals surface area contributed by atoms with Crippen molar-refractivity contribution in [2.45, 2.75) is 45.1 Å². The first-order valence-electron chi connectivity index (χ1n) is 10.7. The summed E-state index contributed by atoms with van der Waals surface area (Å²) in [5.41, 5.74) is 0.997. The number of rotatable bonds is 8. The fourth-order valence-electron chi connectivity index (χ4n) is 3.72. The third-order valence-electron chi connectivity index (χ3n) is 5.52. The largest absolute Gasteiger partial charge is 0.490 e. The summed E-state index contributed by atoms with van der Waals surface area (Å²) in [6.45, 7) is 1.24. The van der Waals surface area contributed by atoms with Crippen LogP contribution in [-0.4, -0.2) is 43.1 Å². The summed E-state index contributed by atoms with van der Waals surface area (Å²) in [5, 5.41) is 22.6. The molecule has 10 heteroatoms. The van der Waals surface area contributed by atoms with E-state index in [0.717, 1.165) is 34.3 Å². The molecule has 0 spiro atoms. The van der Waals surface area contributed by atoms with Crippen molar-refractivity contribution < 1.29 is 14.9 Å². The van der Waals surface area contributed by atoms with Gasteiger partial charge in [-0.1, -0.05) is 30.7 Å². The van der Waals surface area contributed by atoms with E-state index in [4.69, 9.17) is 21.4 Å². The minimum Gasteiger partial charge on any atom is -0.490 e. The molecule has 2 atom stereocenters. The van der Waals surface area contributed by atoms with Crippen molar-refractivity contribution in [2.75, 3.05) is 11.9 Å². The van der Waals surface area contributed by atoms with Crippen molar-refractivity contribution >= 4 is 23.2 Å². The van der Waals surface area contributed by atoms with Crippen molar-refractivity contribution in [1.29, 1.82) is 0 Å². The van der Waals surface area contributed by atoms with E-state index in [1.54, 1.807) is 30.3 Å². The Balaban J connectivity index is 1.73. The minimum absolute atomic E-state index is 0.0700. The second kappa shape index (κ2) is 9.78. The first-order valence-corrected chi connectivity index (χ1v) is 11.1. The van der Waals surface area contributed by atoms with Crippen molar-refractivity contribution in [1.82, 2.24) is 14.1 Å². The Morgan fingerprint density at radius 1 is 1.21 bits per heavy atom. The fraction of sp³-hybridized carbons (Fsp3) is 0.348. The lowest BCUT2D eigenvalue weighted by Gasteiger charge is -2.17. The Labute approximate surface area is 194 Å². The third kappa shape index (κ3) is 5.11. The fourth-order valence-corrected chi connectivity index (χ4v) is 3.85. The van der Waals surface area contributed by atoms with E-state index in [0.29, 0.717) is 10.7 Å². The van der Waals surface area contributed by atoms with Gasteiger partial charge in [-0.2, -0.15) is 4.98 Å². The van der Waals surface area contributed by atoms with Gasteiger partial charge in [0.25, 0.3) is 0 Å². The molecule has 0 saturated heterocycles. The number of halogens is 1. The number of aliphatic hydroxyl groups is 2. The molecule has 2 aromatic carbocycles. The number of fused-ring (bicyclic) bond motifs is 1. The molecule has 174 valence electrons. The van der Waals surface area contributed by atoms with Crippen molar-refractivity contribution in [3.63, 3.8) is 0 Å². The Morgan fingerprint density at radius 2 is 1.97 bits per heavy atom. The number of ether oxygens (including phenoxy) is 1. The topological polar surface area (TPSA) is 119 Å². The second-order valence-corrected chi connectivity index (χ2v) is 8.40. The van der Waals surface area contributed by atoms with Crippen LogP contribution in [0.5, 0.6) is 5.75 Å². The molecule has 1 unspecified atom stereocenters. The maximum Gasteiger partial charge on any atom is 0.355 e. The Kier molecular flexibility index (Phi) is 6.83. The van der Waals surface area contributed by atoms with Gasteiger partial charge in [0, 0.05) is 17.1 Å². The molecular weight excluding hydrogens is 448 g/mol. The van der Waals surface area contributed by atoms with Gasteiger partial charge in [0.15, 0.2) is 0 Å². The molecule has 1 aliphatic rings. The molecule has 0 radical (unpaired) electrons. The Hall–Kier alpha value is -3.14. The Morgan fingerprint density at radius 3 is 2.67 bits per heavy atom. The number of aromatic nitrogens is 3. The zero-order valence-corrected chi connectivity index (χ0v) is 18.8. The number of aliphatic hydroxyl groups excluding tert-OH is 2. The summed E-state index contributed by atoms with van der Waals surface area (Å²) in [6, 6.07) is 12.5. The van der Waals surface area contributed by atoms with E-state index in [9.17, 15) is 14.7 Å². The van der Waals surface area contributed by atoms with Crippen LogP contribution in [-0.2, 0) is 19.5 Å². The van der Waals surface area contributed by atoms with Crippen LogP contribution in [0.4, 0.5) is 11.6 Å². The number of nitrogens with one attached hydrogen (secondary N) is 1. The first kappa shape index (κ1) is 23.0. The molecule has 9 nitrogen and oxygen atoms in total. The minimum atomic E-state index is -1.26. The molecule has 3 aromatic rings. The first-order chi connectivity index (χ1) is 15.9. The molecule has 0 amide bonds. The van der Waals surface area contributed by atoms with Crippen LogP contribution >= 0.6 is 11.6 Å². The van der Waals surface area contributed by atoms with Gasteiger partial charge >= 0.3 is 11.4 Å². The van der Waals surface area contributed by atoms with E-state index >= 15 is 0 Å². The lowest BCUT2D eigenvalue weighted by molar-refractivity contribution is 0.0785. The molecule has 0 bridgehead atoms. The molecule has 0 fully saturated rings. The van der Waals surface area contributed by atoms with E-state index in [2.05, 4.69) is 17.2 Å². The van der Waals surface area contributed by atoms with Crippen molar-refractivity contribution in [2.24, 2.45) is 0 Å². The van der Waals surface area contributed by atoms with Gasteiger partial charge < -0.3 is 20.3 Å². The van der Waals surface area contributed by atoms with Gasteiger partial charge in [0.1, 0.15) is 11.9 Å². The highest BCUT2D eigenvalue weighted by molar-refractivity contribution is 6.30. The lowest BCUT2D eigenvalue weighted by atomic mass is 10.1. The quantitative estimate of drug-likeness (QED) is 0.458. The standard InChI is InChI=1S/C23H25ClN4O5/c1-2-19-10-15-9-17(7-8-20(15)33-19)25-21-26-22(31)28(12-18(30)13-29)23(32)27(21)11-14-3-5-16(24)6-4-14/h3-9,18-19,29-30H,2,10-13H2,1H3,(H,25,26,31)/t18-,19?/m0/s1. The maximum atomic E-state index is 13.2. The summed E-state index contributed by atoms with van der Waals surface area (Å²) < 4.78 is 7.99. The highest BCUT2D eigenvalue weighted by atomic mass is 35.5. The molecule has 2 heterocycles. The summed E-state index contributed by atoms with van der Waals surface area (Å²) in [7, 11) is 0. The molecule has 1 aromatic heterocycles. The Bertz CT molecular complexity index is 1260. The van der Waals surface area contributed by atoms with Crippen LogP contribution in [0, 0.1) is 0 Å². The molecular formula is C23H25ClN4O5. The summed E-state index contributed by atoms with van der Waals surface area (Å²) in [6.07, 6.45) is 0.562. The number of nitrogens with zero attached hydrogens (tertiary/aromatic N) is 3. The smallest absolute Gasteiger partial charge is 0.355 e. The van der Waals surface area contributed by atoms with Crippen molar-refractivity contribution in [3.05, 3.63) is 79.6 Å². The van der Waals surface area contributed by atoms with Gasteiger partial charge in [0.05, 0.1) is 25.8 Å². The van der Waals surface area contributed by atoms with Crippen LogP contribution in [0.3, 0.4) is 0 Å². The second-order valence-electron chi connectivity index (χ2n) is 7.96. The van der Waals surface area contributed by atoms with Crippen LogP contribution in [0.15, 0.2) is 52.1 Å². The summed E-state index contributed by atoms with van der Waals surface area (Å²) in [5.74, 6) is 0.896. The number of benzene rings is 2. The molecule has 4 rings (SSSR count). The van der Waals surface area contributed by atoms with E-state index in [1.807, 2.05) is 12.1 Å². The average molecular weight is 473 g/mol. The zero-order valence-electron chi connectivity index (χ0n) is 18.1. The van der Waals surface area contributed by atoms with Gasteiger partial charge in [-0.25, -0.2) is 14.2 Å². The van der Waals surface area contributed by atoms with Gasteiger partial charge in [-0.15, -0.1) is 0 Å². The molecule has 0 aliphatic carbocycles. The maximum absolute atomic E-state index is 13.2. The van der Waals surface area contributed by atoms with E-state index in [-0.39, 0.29) is 25.1 Å². The zero-order chi connectivity index (χ0) is 23.5. The number of anilines is 2. The van der Waals surface area contributed by atoms with Gasteiger partial charge in [-0.05, 0) is 47.9 Å². The van der Waals surface area contributed by atoms with Crippen LogP contribution < -0.4 is 21.4 Å². The molecule has 33 heavy (non-hydrogen) atoms. The monoisotopic (exact) mass is 472 g/mol. The van der Waals surface area contributed by atoms with E-state index in [1.165, 1.54) is 4.57 Å². The normalized spacial score (nSPS) is 15.7.